The fourth-order valence-electron chi connectivity index (χ4n) is 1.77. The largest absolute Gasteiger partial charge is 0.496 e. The second-order valence-electron chi connectivity index (χ2n) is 4.72. The molecular weight excluding hydrogens is 200 g/mol. The number of aliphatic hydroxyl groups is 1. The van der Waals surface area contributed by atoms with Gasteiger partial charge in [0, 0.05) is 0 Å². The summed E-state index contributed by atoms with van der Waals surface area (Å²) in [5.41, 5.74) is 2.06. The quantitative estimate of drug-likeness (QED) is 0.826. The van der Waals surface area contributed by atoms with Crippen LogP contribution in [0.2, 0.25) is 0 Å². The third-order valence-electron chi connectivity index (χ3n) is 2.82. The van der Waals surface area contributed by atoms with Crippen LogP contribution in [0.4, 0.5) is 0 Å². The molecule has 0 aliphatic heterocycles. The maximum absolute atomic E-state index is 10.0. The van der Waals surface area contributed by atoms with Crippen LogP contribution in [-0.4, -0.2) is 12.2 Å². The van der Waals surface area contributed by atoms with Gasteiger partial charge in [-0.25, -0.2) is 0 Å². The van der Waals surface area contributed by atoms with Crippen molar-refractivity contribution in [1.29, 1.82) is 0 Å². The molecule has 0 aliphatic carbocycles. The Balaban J connectivity index is 2.69. The van der Waals surface area contributed by atoms with Gasteiger partial charge >= 0.3 is 0 Å². The molecule has 0 aromatic heterocycles. The van der Waals surface area contributed by atoms with E-state index in [9.17, 15) is 5.11 Å². The number of aryl methyl sites for hydroxylation is 1. The highest BCUT2D eigenvalue weighted by molar-refractivity contribution is 5.36. The number of rotatable bonds is 5. The second kappa shape index (κ2) is 5.90. The zero-order chi connectivity index (χ0) is 12.1. The Hall–Kier alpha value is -1.02. The van der Waals surface area contributed by atoms with Gasteiger partial charge < -0.3 is 9.84 Å². The minimum Gasteiger partial charge on any atom is -0.496 e. The molecule has 0 heterocycles. The predicted molar refractivity (Wildman–Crippen MR) is 66.8 cm³/mol. The molecule has 0 bridgehead atoms. The van der Waals surface area contributed by atoms with E-state index in [0.29, 0.717) is 5.92 Å². The highest BCUT2D eigenvalue weighted by Crippen LogP contribution is 2.25. The maximum Gasteiger partial charge on any atom is 0.121 e. The Morgan fingerprint density at radius 2 is 1.94 bits per heavy atom. The normalized spacial score (nSPS) is 12.9. The van der Waals surface area contributed by atoms with Crippen LogP contribution >= 0.6 is 0 Å². The van der Waals surface area contributed by atoms with E-state index in [0.717, 1.165) is 29.7 Å². The van der Waals surface area contributed by atoms with Crippen LogP contribution in [0.25, 0.3) is 0 Å². The summed E-state index contributed by atoms with van der Waals surface area (Å²) in [6.07, 6.45) is 1.52. The van der Waals surface area contributed by atoms with Crippen LogP contribution in [0.5, 0.6) is 5.75 Å². The van der Waals surface area contributed by atoms with E-state index < -0.39 is 0 Å². The van der Waals surface area contributed by atoms with Crippen LogP contribution in [0.3, 0.4) is 0 Å². The Morgan fingerprint density at radius 1 is 1.25 bits per heavy atom. The van der Waals surface area contributed by atoms with Crippen molar-refractivity contribution in [3.05, 3.63) is 29.3 Å². The summed E-state index contributed by atoms with van der Waals surface area (Å²) in [7, 11) is 1.66. The number of ether oxygens (including phenoxy) is 1. The number of hydrogen-bond donors (Lipinski definition) is 1. The first-order valence-electron chi connectivity index (χ1n) is 5.87. The maximum atomic E-state index is 10.0. The van der Waals surface area contributed by atoms with Crippen LogP contribution in [0.1, 0.15) is 43.9 Å². The van der Waals surface area contributed by atoms with Gasteiger partial charge in [-0.15, -0.1) is 0 Å². The van der Waals surface area contributed by atoms with Crippen molar-refractivity contribution in [2.24, 2.45) is 5.92 Å². The monoisotopic (exact) mass is 222 g/mol. The topological polar surface area (TPSA) is 29.5 Å². The van der Waals surface area contributed by atoms with Crippen LogP contribution in [0, 0.1) is 12.8 Å². The summed E-state index contributed by atoms with van der Waals surface area (Å²) in [4.78, 5) is 0. The summed E-state index contributed by atoms with van der Waals surface area (Å²) in [6.45, 7) is 6.34. The van der Waals surface area contributed by atoms with Gasteiger partial charge in [-0.2, -0.15) is 0 Å². The van der Waals surface area contributed by atoms with Crippen molar-refractivity contribution in [3.63, 3.8) is 0 Å². The third kappa shape index (κ3) is 3.53. The average molecular weight is 222 g/mol. The molecule has 0 saturated heterocycles. The van der Waals surface area contributed by atoms with E-state index in [1.165, 1.54) is 0 Å². The molecule has 2 heteroatoms. The molecule has 0 amide bonds. The lowest BCUT2D eigenvalue weighted by Crippen LogP contribution is -2.00. The van der Waals surface area contributed by atoms with Crippen molar-refractivity contribution in [3.8, 4) is 5.75 Å². The van der Waals surface area contributed by atoms with E-state index in [-0.39, 0.29) is 6.10 Å². The first-order valence-corrected chi connectivity index (χ1v) is 5.87. The summed E-state index contributed by atoms with van der Waals surface area (Å²) >= 11 is 0. The van der Waals surface area contributed by atoms with Crippen molar-refractivity contribution in [1.82, 2.24) is 0 Å². The van der Waals surface area contributed by atoms with Crippen LogP contribution in [0.15, 0.2) is 18.2 Å². The Morgan fingerprint density at radius 3 is 2.44 bits per heavy atom. The molecule has 1 atom stereocenters. The lowest BCUT2D eigenvalue weighted by molar-refractivity contribution is 0.159. The smallest absolute Gasteiger partial charge is 0.121 e. The lowest BCUT2D eigenvalue weighted by Gasteiger charge is -2.14. The molecular formula is C14H22O2. The zero-order valence-electron chi connectivity index (χ0n) is 10.7. The fraction of sp³-hybridized carbons (Fsp3) is 0.571. The van der Waals surface area contributed by atoms with Gasteiger partial charge in [0.2, 0.25) is 0 Å². The van der Waals surface area contributed by atoms with Gasteiger partial charge in [0.25, 0.3) is 0 Å². The van der Waals surface area contributed by atoms with Gasteiger partial charge in [-0.05, 0) is 48.9 Å². The first kappa shape index (κ1) is 13.0. The molecule has 0 aliphatic rings. The Labute approximate surface area is 98.3 Å². The van der Waals surface area contributed by atoms with Gasteiger partial charge in [0.05, 0.1) is 13.2 Å². The molecule has 2 nitrogen and oxygen atoms in total. The lowest BCUT2D eigenvalue weighted by atomic mass is 9.98. The molecule has 1 N–H and O–H groups in total. The molecule has 0 saturated carbocycles. The van der Waals surface area contributed by atoms with Gasteiger partial charge in [0.15, 0.2) is 0 Å². The summed E-state index contributed by atoms with van der Waals surface area (Å²) < 4.78 is 5.20. The highest BCUT2D eigenvalue weighted by atomic mass is 16.5. The van der Waals surface area contributed by atoms with Gasteiger partial charge in [-0.3, -0.25) is 0 Å². The summed E-state index contributed by atoms with van der Waals surface area (Å²) in [6, 6.07) is 5.86. The molecule has 16 heavy (non-hydrogen) atoms. The molecule has 0 spiro atoms. The molecule has 1 unspecified atom stereocenters. The molecule has 0 radical (unpaired) electrons. The number of hydrogen-bond acceptors (Lipinski definition) is 2. The summed E-state index contributed by atoms with van der Waals surface area (Å²) in [5.74, 6) is 1.51. The van der Waals surface area contributed by atoms with Gasteiger partial charge in [0.1, 0.15) is 5.75 Å². The van der Waals surface area contributed by atoms with Crippen molar-refractivity contribution < 1.29 is 9.84 Å². The minimum atomic E-state index is -0.355. The van der Waals surface area contributed by atoms with Gasteiger partial charge in [-0.1, -0.05) is 19.9 Å². The SMILES string of the molecule is COc1ccc(C(O)CCC(C)C)cc1C. The third-order valence-corrected chi connectivity index (χ3v) is 2.82. The van der Waals surface area contributed by atoms with E-state index in [4.69, 9.17) is 4.74 Å². The highest BCUT2D eigenvalue weighted by Gasteiger charge is 2.10. The molecule has 1 aromatic carbocycles. The van der Waals surface area contributed by atoms with E-state index in [2.05, 4.69) is 13.8 Å². The van der Waals surface area contributed by atoms with Crippen LogP contribution in [-0.2, 0) is 0 Å². The van der Waals surface area contributed by atoms with E-state index in [1.54, 1.807) is 7.11 Å². The number of methoxy groups -OCH3 is 1. The van der Waals surface area contributed by atoms with E-state index in [1.807, 2.05) is 25.1 Å². The Bertz CT molecular complexity index is 332. The Kier molecular flexibility index (Phi) is 4.81. The van der Waals surface area contributed by atoms with Crippen molar-refractivity contribution >= 4 is 0 Å². The number of benzene rings is 1. The molecule has 1 rings (SSSR count). The summed E-state index contributed by atoms with van der Waals surface area (Å²) in [5, 5.41) is 10.0. The second-order valence-corrected chi connectivity index (χ2v) is 4.72. The standard InChI is InChI=1S/C14H22O2/c1-10(2)5-7-13(15)12-6-8-14(16-4)11(3)9-12/h6,8-10,13,15H,5,7H2,1-4H3. The van der Waals surface area contributed by atoms with Crippen LogP contribution < -0.4 is 4.74 Å². The predicted octanol–water partition coefficient (Wildman–Crippen LogP) is 3.47. The number of aliphatic hydroxyl groups excluding tert-OH is 1. The minimum absolute atomic E-state index is 0.355. The molecule has 1 aromatic rings. The average Bonchev–Trinajstić information content (AvgIpc) is 2.25. The van der Waals surface area contributed by atoms with Crippen molar-refractivity contribution in [2.75, 3.05) is 7.11 Å². The van der Waals surface area contributed by atoms with E-state index >= 15 is 0 Å². The molecule has 90 valence electrons. The molecule has 0 fully saturated rings. The van der Waals surface area contributed by atoms with Crippen molar-refractivity contribution in [2.45, 2.75) is 39.7 Å². The fourth-order valence-corrected chi connectivity index (χ4v) is 1.77. The zero-order valence-corrected chi connectivity index (χ0v) is 10.7. The first-order chi connectivity index (χ1) is 7.54.